The Kier molecular flexibility index (Phi) is 7.76. The molecular weight excluding hydrogens is 408 g/mol. The topological polar surface area (TPSA) is 82.8 Å². The zero-order valence-corrected chi connectivity index (χ0v) is 19.1. The highest BCUT2D eigenvalue weighted by molar-refractivity contribution is 5.90. The summed E-state index contributed by atoms with van der Waals surface area (Å²) < 4.78 is 19.0. The van der Waals surface area contributed by atoms with E-state index in [9.17, 15) is 9.90 Å². The number of methoxy groups -OCH3 is 2. The van der Waals surface area contributed by atoms with Gasteiger partial charge in [-0.25, -0.2) is 4.79 Å². The van der Waals surface area contributed by atoms with Gasteiger partial charge >= 0.3 is 5.97 Å². The van der Waals surface area contributed by atoms with Crippen LogP contribution in [-0.2, 0) is 6.54 Å². The molecule has 7 nitrogen and oxygen atoms in total. The monoisotopic (exact) mass is 438 g/mol. The van der Waals surface area contributed by atoms with Crippen molar-refractivity contribution < 1.29 is 24.1 Å². The van der Waals surface area contributed by atoms with Crippen LogP contribution in [0.25, 0.3) is 22.5 Å². The maximum atomic E-state index is 11.6. The lowest BCUT2D eigenvalue weighted by molar-refractivity contribution is 0.0697. The van der Waals surface area contributed by atoms with Gasteiger partial charge in [0.1, 0.15) is 5.75 Å². The van der Waals surface area contributed by atoms with Gasteiger partial charge in [0.2, 0.25) is 0 Å². The molecule has 1 heterocycles. The molecule has 0 saturated heterocycles. The molecule has 0 unspecified atom stereocenters. The Morgan fingerprint density at radius 1 is 1.00 bits per heavy atom. The molecule has 0 aliphatic carbocycles. The van der Waals surface area contributed by atoms with Crippen molar-refractivity contribution in [3.8, 4) is 39.8 Å². The van der Waals surface area contributed by atoms with E-state index in [1.807, 2.05) is 35.9 Å². The quantitative estimate of drug-likeness (QED) is 0.424. The van der Waals surface area contributed by atoms with Crippen LogP contribution in [0, 0.1) is 0 Å². The molecule has 0 aliphatic rings. The zero-order chi connectivity index (χ0) is 23.1. The van der Waals surface area contributed by atoms with Gasteiger partial charge in [0.25, 0.3) is 0 Å². The fourth-order valence-electron chi connectivity index (χ4n) is 3.53. The SMILES string of the molecule is CCCCn1nc(-c2cc(C(=O)O)ccc2OCCC)cc1-c1cccc(OC)c1OC. The summed E-state index contributed by atoms with van der Waals surface area (Å²) in [5, 5.41) is 14.3. The molecule has 0 bridgehead atoms. The minimum Gasteiger partial charge on any atom is -0.493 e. The normalized spacial score (nSPS) is 10.8. The number of hydrogen-bond donors (Lipinski definition) is 1. The van der Waals surface area contributed by atoms with Crippen molar-refractivity contribution in [2.45, 2.75) is 39.7 Å². The number of nitrogens with zero attached hydrogens (tertiary/aromatic N) is 2. The van der Waals surface area contributed by atoms with Gasteiger partial charge in [0.05, 0.1) is 37.8 Å². The van der Waals surface area contributed by atoms with Gasteiger partial charge in [-0.05, 0) is 49.2 Å². The van der Waals surface area contributed by atoms with Gasteiger partial charge in [0.15, 0.2) is 11.5 Å². The molecule has 170 valence electrons. The van der Waals surface area contributed by atoms with Crippen LogP contribution in [-0.4, -0.2) is 41.7 Å². The first-order valence-corrected chi connectivity index (χ1v) is 10.8. The average molecular weight is 439 g/mol. The van der Waals surface area contributed by atoms with E-state index in [0.717, 1.165) is 37.1 Å². The van der Waals surface area contributed by atoms with Crippen LogP contribution in [0.5, 0.6) is 17.2 Å². The molecule has 0 atom stereocenters. The first-order chi connectivity index (χ1) is 15.5. The fraction of sp³-hybridized carbons (Fsp3) is 0.360. The molecule has 1 aromatic heterocycles. The molecule has 0 radical (unpaired) electrons. The second-order valence-corrected chi connectivity index (χ2v) is 7.40. The first-order valence-electron chi connectivity index (χ1n) is 10.8. The van der Waals surface area contributed by atoms with E-state index in [1.54, 1.807) is 32.4 Å². The Morgan fingerprint density at radius 3 is 2.47 bits per heavy atom. The number of ether oxygens (including phenoxy) is 3. The number of aromatic nitrogens is 2. The van der Waals surface area contributed by atoms with E-state index < -0.39 is 5.97 Å². The van der Waals surface area contributed by atoms with Gasteiger partial charge in [-0.1, -0.05) is 26.3 Å². The van der Waals surface area contributed by atoms with E-state index in [2.05, 4.69) is 6.92 Å². The molecule has 0 saturated carbocycles. The summed E-state index contributed by atoms with van der Waals surface area (Å²) in [6.07, 6.45) is 2.81. The third-order valence-corrected chi connectivity index (χ3v) is 5.15. The van der Waals surface area contributed by atoms with Crippen molar-refractivity contribution in [1.29, 1.82) is 0 Å². The van der Waals surface area contributed by atoms with Crippen molar-refractivity contribution >= 4 is 5.97 Å². The van der Waals surface area contributed by atoms with Crippen LogP contribution in [0.1, 0.15) is 43.5 Å². The maximum Gasteiger partial charge on any atom is 0.335 e. The smallest absolute Gasteiger partial charge is 0.335 e. The molecule has 0 spiro atoms. The van der Waals surface area contributed by atoms with Crippen molar-refractivity contribution in [2.75, 3.05) is 20.8 Å². The lowest BCUT2D eigenvalue weighted by Gasteiger charge is -2.13. The van der Waals surface area contributed by atoms with Crippen molar-refractivity contribution in [2.24, 2.45) is 0 Å². The van der Waals surface area contributed by atoms with E-state index in [0.29, 0.717) is 35.1 Å². The Labute approximate surface area is 188 Å². The highest BCUT2D eigenvalue weighted by Crippen LogP contribution is 2.40. The summed E-state index contributed by atoms with van der Waals surface area (Å²) in [5.74, 6) is 0.880. The summed E-state index contributed by atoms with van der Waals surface area (Å²) in [6.45, 7) is 5.41. The van der Waals surface area contributed by atoms with Crippen LogP contribution in [0.15, 0.2) is 42.5 Å². The molecule has 32 heavy (non-hydrogen) atoms. The lowest BCUT2D eigenvalue weighted by Crippen LogP contribution is -2.04. The number of carboxylic acids is 1. The molecule has 1 N–H and O–H groups in total. The van der Waals surface area contributed by atoms with E-state index >= 15 is 0 Å². The number of rotatable bonds is 11. The van der Waals surface area contributed by atoms with Gasteiger partial charge in [-0.2, -0.15) is 5.10 Å². The predicted octanol–water partition coefficient (Wildman–Crippen LogP) is 5.52. The zero-order valence-electron chi connectivity index (χ0n) is 19.1. The first kappa shape index (κ1) is 23.2. The Hall–Kier alpha value is -3.48. The van der Waals surface area contributed by atoms with Gasteiger partial charge in [0, 0.05) is 17.7 Å². The predicted molar refractivity (Wildman–Crippen MR) is 124 cm³/mol. The van der Waals surface area contributed by atoms with E-state index in [1.165, 1.54) is 0 Å². The Bertz CT molecular complexity index is 1070. The largest absolute Gasteiger partial charge is 0.493 e. The third-order valence-electron chi connectivity index (χ3n) is 5.15. The highest BCUT2D eigenvalue weighted by Gasteiger charge is 2.20. The number of carboxylic acid groups (broad SMARTS) is 1. The van der Waals surface area contributed by atoms with E-state index in [4.69, 9.17) is 19.3 Å². The van der Waals surface area contributed by atoms with Crippen LogP contribution < -0.4 is 14.2 Å². The maximum absolute atomic E-state index is 11.6. The second-order valence-electron chi connectivity index (χ2n) is 7.40. The number of aryl methyl sites for hydroxylation is 1. The number of hydrogen-bond acceptors (Lipinski definition) is 5. The number of aromatic carboxylic acids is 1. The number of carbonyl (C=O) groups is 1. The van der Waals surface area contributed by atoms with Crippen LogP contribution >= 0.6 is 0 Å². The molecule has 3 aromatic rings. The molecule has 3 rings (SSSR count). The Balaban J connectivity index is 2.19. The minimum atomic E-state index is -0.992. The third kappa shape index (κ3) is 4.88. The summed E-state index contributed by atoms with van der Waals surface area (Å²) in [4.78, 5) is 11.6. The molecule has 0 aliphatic heterocycles. The molecule has 7 heteroatoms. The fourth-order valence-corrected chi connectivity index (χ4v) is 3.53. The van der Waals surface area contributed by atoms with Crippen molar-refractivity contribution in [3.05, 3.63) is 48.0 Å². The number of unbranched alkanes of at least 4 members (excludes halogenated alkanes) is 1. The van der Waals surface area contributed by atoms with Crippen LogP contribution in [0.4, 0.5) is 0 Å². The molecule has 0 fully saturated rings. The summed E-state index contributed by atoms with van der Waals surface area (Å²) in [5.41, 5.74) is 3.21. The Morgan fingerprint density at radius 2 is 1.81 bits per heavy atom. The lowest BCUT2D eigenvalue weighted by atomic mass is 10.0. The van der Waals surface area contributed by atoms with Crippen molar-refractivity contribution in [3.63, 3.8) is 0 Å². The highest BCUT2D eigenvalue weighted by atomic mass is 16.5. The summed E-state index contributed by atoms with van der Waals surface area (Å²) in [6, 6.07) is 12.5. The molecular formula is C25H30N2O5. The van der Waals surface area contributed by atoms with Gasteiger partial charge in [-0.3, -0.25) is 4.68 Å². The van der Waals surface area contributed by atoms with Gasteiger partial charge in [-0.15, -0.1) is 0 Å². The van der Waals surface area contributed by atoms with Gasteiger partial charge < -0.3 is 19.3 Å². The van der Waals surface area contributed by atoms with E-state index in [-0.39, 0.29) is 5.56 Å². The molecule has 0 amide bonds. The summed E-state index contributed by atoms with van der Waals surface area (Å²) in [7, 11) is 3.22. The number of benzene rings is 2. The number of para-hydroxylation sites is 1. The second kappa shape index (κ2) is 10.7. The summed E-state index contributed by atoms with van der Waals surface area (Å²) >= 11 is 0. The van der Waals surface area contributed by atoms with Crippen LogP contribution in [0.3, 0.4) is 0 Å². The standard InChI is InChI=1S/C25H30N2O5/c1-5-7-13-27-21(18-9-8-10-23(30-3)24(18)31-4)16-20(26-27)19-15-17(25(28)29)11-12-22(19)32-14-6-2/h8-12,15-16H,5-7,13-14H2,1-4H3,(H,28,29). The molecule has 2 aromatic carbocycles. The van der Waals surface area contributed by atoms with Crippen molar-refractivity contribution in [1.82, 2.24) is 9.78 Å². The average Bonchev–Trinajstić information content (AvgIpc) is 3.24. The van der Waals surface area contributed by atoms with Crippen LogP contribution in [0.2, 0.25) is 0 Å². The minimum absolute atomic E-state index is 0.187.